The molecule has 7 nitrogen and oxygen atoms in total. The number of furan rings is 1. The molecule has 152 valence electrons. The minimum atomic E-state index is -0.820. The second-order valence-corrected chi connectivity index (χ2v) is 7.84. The predicted molar refractivity (Wildman–Crippen MR) is 107 cm³/mol. The fourth-order valence-corrected chi connectivity index (χ4v) is 4.16. The number of nitrogens with zero attached hydrogens (tertiary/aromatic N) is 1. The van der Waals surface area contributed by atoms with E-state index in [0.29, 0.717) is 42.7 Å². The third-order valence-electron chi connectivity index (χ3n) is 6.06. The fourth-order valence-electron chi connectivity index (χ4n) is 4.16. The minimum Gasteiger partial charge on any atom is -0.481 e. The molecule has 1 aliphatic heterocycles. The van der Waals surface area contributed by atoms with E-state index >= 15 is 0 Å². The Labute approximate surface area is 166 Å². The molecule has 0 unspecified atom stereocenters. The molecule has 0 aliphatic carbocycles. The summed E-state index contributed by atoms with van der Waals surface area (Å²) >= 11 is 0. The lowest BCUT2D eigenvalue weighted by molar-refractivity contribution is -0.145. The summed E-state index contributed by atoms with van der Waals surface area (Å²) < 4.78 is 11.2. The van der Waals surface area contributed by atoms with Crippen molar-refractivity contribution in [2.24, 2.45) is 5.92 Å². The zero-order valence-electron chi connectivity index (χ0n) is 16.7. The number of hydrogen-bond donors (Lipinski definition) is 1. The van der Waals surface area contributed by atoms with Gasteiger partial charge in [0.25, 0.3) is 0 Å². The van der Waals surface area contributed by atoms with Crippen LogP contribution in [0.2, 0.25) is 0 Å². The summed E-state index contributed by atoms with van der Waals surface area (Å²) in [4.78, 5) is 38.2. The molecule has 0 radical (unpaired) electrons. The summed E-state index contributed by atoms with van der Waals surface area (Å²) in [6, 6.07) is 1.95. The van der Waals surface area contributed by atoms with E-state index in [0.717, 1.165) is 27.5 Å². The van der Waals surface area contributed by atoms with E-state index in [4.69, 9.17) is 13.9 Å². The Kier molecular flexibility index (Phi) is 4.68. The molecular weight excluding hydrogens is 374 g/mol. The lowest BCUT2D eigenvalue weighted by Crippen LogP contribution is -2.41. The number of carboxylic acid groups (broad SMARTS) is 1. The maximum Gasteiger partial charge on any atom is 0.340 e. The highest BCUT2D eigenvalue weighted by molar-refractivity contribution is 6.00. The summed E-state index contributed by atoms with van der Waals surface area (Å²) in [6.07, 6.45) is 2.49. The molecule has 3 heterocycles. The summed E-state index contributed by atoms with van der Waals surface area (Å²) in [5.74, 6) is -1.41. The Balaban J connectivity index is 1.68. The van der Waals surface area contributed by atoms with Gasteiger partial charge in [-0.1, -0.05) is 0 Å². The van der Waals surface area contributed by atoms with Crippen LogP contribution < -0.4 is 5.63 Å². The van der Waals surface area contributed by atoms with E-state index in [9.17, 15) is 14.4 Å². The first kappa shape index (κ1) is 19.2. The number of fused-ring (bicyclic) bond motifs is 2. The Bertz CT molecular complexity index is 1190. The van der Waals surface area contributed by atoms with Crippen LogP contribution in [0.25, 0.3) is 21.9 Å². The van der Waals surface area contributed by atoms with Gasteiger partial charge in [-0.25, -0.2) is 4.79 Å². The maximum atomic E-state index is 12.8. The molecule has 7 heteroatoms. The van der Waals surface area contributed by atoms with Gasteiger partial charge in [0.1, 0.15) is 11.2 Å². The van der Waals surface area contributed by atoms with Crippen molar-refractivity contribution in [1.82, 2.24) is 4.90 Å². The number of amides is 1. The molecule has 4 rings (SSSR count). The van der Waals surface area contributed by atoms with Crippen LogP contribution in [0.4, 0.5) is 0 Å². The third-order valence-corrected chi connectivity index (χ3v) is 6.06. The Morgan fingerprint density at radius 1 is 1.10 bits per heavy atom. The van der Waals surface area contributed by atoms with Gasteiger partial charge < -0.3 is 18.8 Å². The second kappa shape index (κ2) is 7.06. The van der Waals surface area contributed by atoms with Crippen LogP contribution >= 0.6 is 0 Å². The van der Waals surface area contributed by atoms with Crippen LogP contribution in [0.1, 0.15) is 35.1 Å². The monoisotopic (exact) mass is 397 g/mol. The predicted octanol–water partition coefficient (Wildman–Crippen LogP) is 3.33. The summed E-state index contributed by atoms with van der Waals surface area (Å²) in [7, 11) is 0. The quantitative estimate of drug-likeness (QED) is 0.681. The van der Waals surface area contributed by atoms with Gasteiger partial charge in [-0.15, -0.1) is 0 Å². The van der Waals surface area contributed by atoms with E-state index in [2.05, 4.69) is 0 Å². The van der Waals surface area contributed by atoms with Gasteiger partial charge in [0.2, 0.25) is 5.91 Å². The average Bonchev–Trinajstić information content (AvgIpc) is 3.07. The molecule has 29 heavy (non-hydrogen) atoms. The van der Waals surface area contributed by atoms with Crippen LogP contribution in [0.15, 0.2) is 26.0 Å². The zero-order chi connectivity index (χ0) is 20.9. The van der Waals surface area contributed by atoms with Crippen molar-refractivity contribution in [3.8, 4) is 0 Å². The lowest BCUT2D eigenvalue weighted by Gasteiger charge is -2.30. The van der Waals surface area contributed by atoms with Crippen LogP contribution in [0, 0.1) is 26.7 Å². The number of aryl methyl sites for hydroxylation is 3. The largest absolute Gasteiger partial charge is 0.481 e. The zero-order valence-corrected chi connectivity index (χ0v) is 16.7. The smallest absolute Gasteiger partial charge is 0.340 e. The lowest BCUT2D eigenvalue weighted by atomic mass is 9.96. The van der Waals surface area contributed by atoms with Gasteiger partial charge >= 0.3 is 11.6 Å². The summed E-state index contributed by atoms with van der Waals surface area (Å²) in [6.45, 7) is 6.42. The molecule has 0 atom stereocenters. The van der Waals surface area contributed by atoms with Crippen molar-refractivity contribution in [3.63, 3.8) is 0 Å². The first-order valence-corrected chi connectivity index (χ1v) is 9.72. The van der Waals surface area contributed by atoms with Crippen molar-refractivity contribution in [1.29, 1.82) is 0 Å². The number of aliphatic carboxylic acids is 1. The van der Waals surface area contributed by atoms with Crippen molar-refractivity contribution in [2.75, 3.05) is 13.1 Å². The Morgan fingerprint density at radius 2 is 1.79 bits per heavy atom. The Morgan fingerprint density at radius 3 is 2.45 bits per heavy atom. The van der Waals surface area contributed by atoms with Crippen molar-refractivity contribution >= 4 is 33.8 Å². The second-order valence-electron chi connectivity index (χ2n) is 7.84. The third kappa shape index (κ3) is 3.20. The SMILES string of the molecule is Cc1coc2c(C)c3oc(=O)c(CC(=O)N4CCC(C(=O)O)CC4)c(C)c3cc12. The summed E-state index contributed by atoms with van der Waals surface area (Å²) in [5, 5.41) is 10.9. The number of likely N-dealkylation sites (tertiary alicyclic amines) is 1. The highest BCUT2D eigenvalue weighted by Crippen LogP contribution is 2.32. The molecule has 1 aliphatic rings. The van der Waals surface area contributed by atoms with Gasteiger partial charge in [0, 0.05) is 29.4 Å². The first-order valence-electron chi connectivity index (χ1n) is 9.72. The minimum absolute atomic E-state index is 0.0523. The number of hydrogen-bond acceptors (Lipinski definition) is 5. The van der Waals surface area contributed by atoms with Crippen LogP contribution in [0.3, 0.4) is 0 Å². The van der Waals surface area contributed by atoms with Gasteiger partial charge in [-0.05, 0) is 50.8 Å². The molecule has 1 fully saturated rings. The van der Waals surface area contributed by atoms with E-state index in [1.807, 2.05) is 26.8 Å². The van der Waals surface area contributed by atoms with Gasteiger partial charge in [0.05, 0.1) is 24.2 Å². The Hall–Kier alpha value is -3.09. The number of carboxylic acids is 1. The molecule has 1 N–H and O–H groups in total. The van der Waals surface area contributed by atoms with Crippen molar-refractivity contribution in [2.45, 2.75) is 40.0 Å². The van der Waals surface area contributed by atoms with E-state index in [1.165, 1.54) is 0 Å². The number of piperidine rings is 1. The average molecular weight is 397 g/mol. The fraction of sp³-hybridized carbons (Fsp3) is 0.409. The maximum absolute atomic E-state index is 12.8. The standard InChI is InChI=1S/C22H23NO6/c1-11-10-28-19-13(3)20-16(8-15(11)19)12(2)17(22(27)29-20)9-18(24)23-6-4-14(5-7-23)21(25)26/h8,10,14H,4-7,9H2,1-3H3,(H,25,26). The molecule has 3 aromatic rings. The molecule has 0 spiro atoms. The highest BCUT2D eigenvalue weighted by Gasteiger charge is 2.28. The van der Waals surface area contributed by atoms with Crippen LogP contribution in [0.5, 0.6) is 0 Å². The molecular formula is C22H23NO6. The number of rotatable bonds is 3. The molecule has 1 aromatic carbocycles. The first-order chi connectivity index (χ1) is 13.8. The number of carbonyl (C=O) groups is 2. The van der Waals surface area contributed by atoms with Crippen LogP contribution in [-0.4, -0.2) is 35.0 Å². The molecule has 0 saturated carbocycles. The van der Waals surface area contributed by atoms with Gasteiger partial charge in [-0.2, -0.15) is 0 Å². The van der Waals surface area contributed by atoms with Gasteiger partial charge in [0.15, 0.2) is 0 Å². The molecule has 1 amide bonds. The van der Waals surface area contributed by atoms with E-state index < -0.39 is 17.5 Å². The van der Waals surface area contributed by atoms with E-state index in [1.54, 1.807) is 11.2 Å². The van der Waals surface area contributed by atoms with Crippen molar-refractivity contribution < 1.29 is 23.5 Å². The molecule has 2 aromatic heterocycles. The van der Waals surface area contributed by atoms with Gasteiger partial charge in [-0.3, -0.25) is 9.59 Å². The highest BCUT2D eigenvalue weighted by atomic mass is 16.4. The van der Waals surface area contributed by atoms with E-state index in [-0.39, 0.29) is 12.3 Å². The number of carbonyl (C=O) groups excluding carboxylic acids is 1. The number of benzene rings is 1. The molecule has 0 bridgehead atoms. The molecule has 1 saturated heterocycles. The van der Waals surface area contributed by atoms with Crippen LogP contribution in [-0.2, 0) is 16.0 Å². The topological polar surface area (TPSA) is 101 Å². The normalized spacial score (nSPS) is 15.3. The van der Waals surface area contributed by atoms with Crippen molar-refractivity contribution in [3.05, 3.63) is 45.0 Å². The summed E-state index contributed by atoms with van der Waals surface area (Å²) in [5.41, 5.74) is 3.50.